The fourth-order valence-electron chi connectivity index (χ4n) is 1.70. The SMILES string of the molecule is CN[C@H](CO)c1ccc(CCCOC)cc1. The fourth-order valence-corrected chi connectivity index (χ4v) is 1.70. The van der Waals surface area contributed by atoms with E-state index in [-0.39, 0.29) is 12.6 Å². The summed E-state index contributed by atoms with van der Waals surface area (Å²) < 4.78 is 5.02. The van der Waals surface area contributed by atoms with Gasteiger partial charge in [-0.1, -0.05) is 24.3 Å². The van der Waals surface area contributed by atoms with Crippen LogP contribution in [0.3, 0.4) is 0 Å². The van der Waals surface area contributed by atoms with Crippen molar-refractivity contribution < 1.29 is 9.84 Å². The lowest BCUT2D eigenvalue weighted by molar-refractivity contribution is 0.195. The standard InChI is InChI=1S/C13H21NO2/c1-14-13(10-15)12-7-5-11(6-8-12)4-3-9-16-2/h5-8,13-15H,3-4,9-10H2,1-2H3/t13-/m1/s1. The maximum absolute atomic E-state index is 9.14. The average molecular weight is 223 g/mol. The van der Waals surface area contributed by atoms with Gasteiger partial charge in [0.05, 0.1) is 12.6 Å². The molecule has 1 aromatic rings. The van der Waals surface area contributed by atoms with Crippen LogP contribution in [0.2, 0.25) is 0 Å². The number of hydrogen-bond acceptors (Lipinski definition) is 3. The molecular weight excluding hydrogens is 202 g/mol. The molecule has 0 saturated heterocycles. The van der Waals surface area contributed by atoms with Gasteiger partial charge in [0.1, 0.15) is 0 Å². The first kappa shape index (κ1) is 13.2. The summed E-state index contributed by atoms with van der Waals surface area (Å²) in [5.74, 6) is 0. The van der Waals surface area contributed by atoms with Crippen LogP contribution < -0.4 is 5.32 Å². The average Bonchev–Trinajstić information content (AvgIpc) is 2.33. The Hall–Kier alpha value is -0.900. The van der Waals surface area contributed by atoms with Gasteiger partial charge in [-0.3, -0.25) is 0 Å². The van der Waals surface area contributed by atoms with Gasteiger partial charge in [-0.05, 0) is 31.0 Å². The van der Waals surface area contributed by atoms with E-state index in [1.807, 2.05) is 7.05 Å². The highest BCUT2D eigenvalue weighted by Crippen LogP contribution is 2.13. The molecule has 0 aliphatic carbocycles. The normalized spacial score (nSPS) is 12.7. The van der Waals surface area contributed by atoms with E-state index in [4.69, 9.17) is 9.84 Å². The maximum atomic E-state index is 9.14. The zero-order valence-corrected chi connectivity index (χ0v) is 10.1. The van der Waals surface area contributed by atoms with E-state index in [0.29, 0.717) is 0 Å². The van der Waals surface area contributed by atoms with Gasteiger partial charge in [0, 0.05) is 13.7 Å². The molecule has 0 radical (unpaired) electrons. The summed E-state index contributed by atoms with van der Waals surface area (Å²) in [6, 6.07) is 8.41. The Bertz CT molecular complexity index is 280. The minimum atomic E-state index is 0.0352. The summed E-state index contributed by atoms with van der Waals surface area (Å²) in [5, 5.41) is 12.2. The molecule has 3 heteroatoms. The zero-order chi connectivity index (χ0) is 11.8. The van der Waals surface area contributed by atoms with E-state index in [1.54, 1.807) is 7.11 Å². The monoisotopic (exact) mass is 223 g/mol. The van der Waals surface area contributed by atoms with Crippen molar-refractivity contribution in [1.29, 1.82) is 0 Å². The van der Waals surface area contributed by atoms with Gasteiger partial charge in [-0.25, -0.2) is 0 Å². The van der Waals surface area contributed by atoms with Gasteiger partial charge < -0.3 is 15.2 Å². The van der Waals surface area contributed by atoms with Gasteiger partial charge in [-0.2, -0.15) is 0 Å². The van der Waals surface area contributed by atoms with Gasteiger partial charge in [-0.15, -0.1) is 0 Å². The number of hydrogen-bond donors (Lipinski definition) is 2. The van der Waals surface area contributed by atoms with Crippen molar-refractivity contribution in [1.82, 2.24) is 5.32 Å². The van der Waals surface area contributed by atoms with Gasteiger partial charge in [0.25, 0.3) is 0 Å². The highest BCUT2D eigenvalue weighted by Gasteiger charge is 2.06. The molecule has 90 valence electrons. The number of rotatable bonds is 7. The van der Waals surface area contributed by atoms with E-state index < -0.39 is 0 Å². The molecule has 1 rings (SSSR count). The minimum Gasteiger partial charge on any atom is -0.394 e. The van der Waals surface area contributed by atoms with Crippen molar-refractivity contribution in [3.05, 3.63) is 35.4 Å². The fraction of sp³-hybridized carbons (Fsp3) is 0.538. The molecule has 0 aliphatic rings. The highest BCUT2D eigenvalue weighted by atomic mass is 16.5. The predicted octanol–water partition coefficient (Wildman–Crippen LogP) is 1.52. The van der Waals surface area contributed by atoms with Crippen LogP contribution in [0.5, 0.6) is 0 Å². The molecule has 0 heterocycles. The summed E-state index contributed by atoms with van der Waals surface area (Å²) in [6.45, 7) is 0.928. The molecule has 0 fully saturated rings. The number of aryl methyl sites for hydroxylation is 1. The second-order valence-corrected chi connectivity index (χ2v) is 3.86. The van der Waals surface area contributed by atoms with Crippen LogP contribution in [0.15, 0.2) is 24.3 Å². The molecule has 0 saturated carbocycles. The van der Waals surface area contributed by atoms with Gasteiger partial charge in [0.15, 0.2) is 0 Å². The van der Waals surface area contributed by atoms with E-state index in [1.165, 1.54) is 5.56 Å². The Balaban J connectivity index is 2.53. The Morgan fingerprint density at radius 1 is 1.31 bits per heavy atom. The van der Waals surface area contributed by atoms with Crippen molar-refractivity contribution in [3.8, 4) is 0 Å². The summed E-state index contributed by atoms with van der Waals surface area (Å²) in [7, 11) is 3.58. The highest BCUT2D eigenvalue weighted by molar-refractivity contribution is 5.25. The van der Waals surface area contributed by atoms with Gasteiger partial charge in [0.2, 0.25) is 0 Å². The van der Waals surface area contributed by atoms with Crippen molar-refractivity contribution in [2.45, 2.75) is 18.9 Å². The molecule has 2 N–H and O–H groups in total. The first-order chi connectivity index (χ1) is 7.81. The number of likely N-dealkylation sites (N-methyl/N-ethyl adjacent to an activating group) is 1. The van der Waals surface area contributed by atoms with E-state index in [2.05, 4.69) is 29.6 Å². The van der Waals surface area contributed by atoms with Crippen LogP contribution >= 0.6 is 0 Å². The summed E-state index contributed by atoms with van der Waals surface area (Å²) in [4.78, 5) is 0. The zero-order valence-electron chi connectivity index (χ0n) is 10.1. The first-order valence-corrected chi connectivity index (χ1v) is 5.67. The number of benzene rings is 1. The van der Waals surface area contributed by atoms with E-state index >= 15 is 0 Å². The second kappa shape index (κ2) is 7.39. The third-order valence-corrected chi connectivity index (χ3v) is 2.73. The van der Waals surface area contributed by atoms with Crippen molar-refractivity contribution in [3.63, 3.8) is 0 Å². The number of aliphatic hydroxyl groups excluding tert-OH is 1. The summed E-state index contributed by atoms with van der Waals surface area (Å²) in [5.41, 5.74) is 2.44. The molecule has 0 spiro atoms. The third kappa shape index (κ3) is 3.93. The van der Waals surface area contributed by atoms with Crippen LogP contribution in [0.1, 0.15) is 23.6 Å². The summed E-state index contributed by atoms with van der Waals surface area (Å²) >= 11 is 0. The Kier molecular flexibility index (Phi) is 6.08. The molecular formula is C13H21NO2. The van der Waals surface area contributed by atoms with Crippen LogP contribution in [-0.4, -0.2) is 32.5 Å². The second-order valence-electron chi connectivity index (χ2n) is 3.86. The molecule has 0 aliphatic heterocycles. The lowest BCUT2D eigenvalue weighted by Gasteiger charge is -2.13. The van der Waals surface area contributed by atoms with E-state index in [9.17, 15) is 0 Å². The molecule has 16 heavy (non-hydrogen) atoms. The van der Waals surface area contributed by atoms with Crippen molar-refractivity contribution >= 4 is 0 Å². The number of nitrogens with one attached hydrogen (secondary N) is 1. The van der Waals surface area contributed by atoms with Crippen LogP contribution in [-0.2, 0) is 11.2 Å². The van der Waals surface area contributed by atoms with Crippen molar-refractivity contribution in [2.24, 2.45) is 0 Å². The topological polar surface area (TPSA) is 41.5 Å². The first-order valence-electron chi connectivity index (χ1n) is 5.67. The Morgan fingerprint density at radius 2 is 2.00 bits per heavy atom. The van der Waals surface area contributed by atoms with Crippen molar-refractivity contribution in [2.75, 3.05) is 27.4 Å². The lowest BCUT2D eigenvalue weighted by atomic mass is 10.0. The Morgan fingerprint density at radius 3 is 2.50 bits per heavy atom. The predicted molar refractivity (Wildman–Crippen MR) is 65.5 cm³/mol. The number of methoxy groups -OCH3 is 1. The molecule has 3 nitrogen and oxygen atoms in total. The molecule has 0 bridgehead atoms. The molecule has 0 unspecified atom stereocenters. The summed E-state index contributed by atoms with van der Waals surface area (Å²) in [6.07, 6.45) is 2.09. The third-order valence-electron chi connectivity index (χ3n) is 2.73. The largest absolute Gasteiger partial charge is 0.394 e. The van der Waals surface area contributed by atoms with E-state index in [0.717, 1.165) is 25.0 Å². The van der Waals surface area contributed by atoms with Crippen LogP contribution in [0, 0.1) is 0 Å². The molecule has 1 aromatic carbocycles. The molecule has 0 aromatic heterocycles. The Labute approximate surface area is 97.4 Å². The number of aliphatic hydroxyl groups is 1. The number of ether oxygens (including phenoxy) is 1. The lowest BCUT2D eigenvalue weighted by Crippen LogP contribution is -2.19. The molecule has 0 amide bonds. The quantitative estimate of drug-likeness (QED) is 0.689. The van der Waals surface area contributed by atoms with Crippen LogP contribution in [0.25, 0.3) is 0 Å². The smallest absolute Gasteiger partial charge is 0.0626 e. The minimum absolute atomic E-state index is 0.0352. The van der Waals surface area contributed by atoms with Gasteiger partial charge >= 0.3 is 0 Å². The van der Waals surface area contributed by atoms with Crippen LogP contribution in [0.4, 0.5) is 0 Å². The maximum Gasteiger partial charge on any atom is 0.0626 e. The molecule has 1 atom stereocenters.